The molecule has 0 aliphatic heterocycles. The lowest BCUT2D eigenvalue weighted by atomic mass is 10.3. The average molecular weight is 445 g/mol. The Labute approximate surface area is 178 Å². The highest BCUT2D eigenvalue weighted by Gasteiger charge is 2.13. The van der Waals surface area contributed by atoms with Crippen LogP contribution in [-0.4, -0.2) is 36.8 Å². The number of hydrogen-bond donors (Lipinski definition) is 1. The second-order valence-electron chi connectivity index (χ2n) is 5.71. The molecule has 0 radical (unpaired) electrons. The van der Waals surface area contributed by atoms with Crippen LogP contribution in [0.25, 0.3) is 11.6 Å². The molecule has 0 fully saturated rings. The predicted molar refractivity (Wildman–Crippen MR) is 111 cm³/mol. The minimum absolute atomic E-state index is 0.113. The zero-order chi connectivity index (χ0) is 20.1. The standard InChI is InChI=1S/C18H13ClN6O2S2/c19-11-2-4-12(5-3-11)22-14(26)10-29-18-23-13(9-28-18)8-15-24-17(25-27-15)16-20-6-1-7-21-16/h1-7,9H,8,10H2,(H,22,26). The van der Waals surface area contributed by atoms with Crippen molar-refractivity contribution < 1.29 is 9.32 Å². The molecule has 0 saturated heterocycles. The zero-order valence-corrected chi connectivity index (χ0v) is 17.2. The summed E-state index contributed by atoms with van der Waals surface area (Å²) in [5.74, 6) is 1.31. The lowest BCUT2D eigenvalue weighted by Crippen LogP contribution is -2.13. The molecule has 0 aliphatic rings. The van der Waals surface area contributed by atoms with Gasteiger partial charge in [0.2, 0.25) is 23.4 Å². The second-order valence-corrected chi connectivity index (χ2v) is 8.23. The monoisotopic (exact) mass is 444 g/mol. The van der Waals surface area contributed by atoms with Crippen LogP contribution in [0.1, 0.15) is 11.6 Å². The van der Waals surface area contributed by atoms with Gasteiger partial charge in [0.1, 0.15) is 0 Å². The average Bonchev–Trinajstić information content (AvgIpc) is 3.39. The largest absolute Gasteiger partial charge is 0.338 e. The fourth-order valence-electron chi connectivity index (χ4n) is 2.28. The molecule has 146 valence electrons. The first kappa shape index (κ1) is 19.5. The molecule has 0 atom stereocenters. The smallest absolute Gasteiger partial charge is 0.240 e. The molecule has 1 amide bonds. The summed E-state index contributed by atoms with van der Waals surface area (Å²) in [6, 6.07) is 8.68. The SMILES string of the molecule is O=C(CSc1nc(Cc2nc(-c3ncccn3)no2)cs1)Nc1ccc(Cl)cc1. The highest BCUT2D eigenvalue weighted by molar-refractivity contribution is 8.01. The number of thioether (sulfide) groups is 1. The Morgan fingerprint density at radius 3 is 2.72 bits per heavy atom. The first-order valence-electron chi connectivity index (χ1n) is 8.38. The normalized spacial score (nSPS) is 10.8. The Morgan fingerprint density at radius 2 is 1.93 bits per heavy atom. The van der Waals surface area contributed by atoms with Crippen LogP contribution in [0.3, 0.4) is 0 Å². The van der Waals surface area contributed by atoms with E-state index in [4.69, 9.17) is 16.1 Å². The molecule has 3 heterocycles. The van der Waals surface area contributed by atoms with Crippen LogP contribution in [0.5, 0.6) is 0 Å². The van der Waals surface area contributed by atoms with Gasteiger partial charge >= 0.3 is 0 Å². The highest BCUT2D eigenvalue weighted by Crippen LogP contribution is 2.24. The molecule has 3 aromatic heterocycles. The molecule has 0 saturated carbocycles. The number of thiazole rings is 1. The maximum atomic E-state index is 12.1. The number of carbonyl (C=O) groups excluding carboxylic acids is 1. The topological polar surface area (TPSA) is 107 Å². The van der Waals surface area contributed by atoms with Crippen LogP contribution < -0.4 is 5.32 Å². The number of anilines is 1. The molecule has 0 spiro atoms. The number of carbonyl (C=O) groups is 1. The number of aromatic nitrogens is 5. The van der Waals surface area contributed by atoms with Crippen LogP contribution in [-0.2, 0) is 11.2 Å². The number of amides is 1. The van der Waals surface area contributed by atoms with E-state index in [9.17, 15) is 4.79 Å². The van der Waals surface area contributed by atoms with Gasteiger partial charge in [-0.25, -0.2) is 15.0 Å². The van der Waals surface area contributed by atoms with Gasteiger partial charge in [-0.05, 0) is 30.3 Å². The molecule has 0 aliphatic carbocycles. The van der Waals surface area contributed by atoms with Crippen molar-refractivity contribution in [1.29, 1.82) is 0 Å². The van der Waals surface area contributed by atoms with E-state index in [0.717, 1.165) is 10.0 Å². The van der Waals surface area contributed by atoms with Gasteiger partial charge in [0.25, 0.3) is 0 Å². The molecule has 4 rings (SSSR count). The fraction of sp³-hybridized carbons (Fsp3) is 0.111. The Bertz CT molecular complexity index is 1100. The third-order valence-corrected chi connectivity index (χ3v) is 5.87. The van der Waals surface area contributed by atoms with Crippen LogP contribution in [0.15, 0.2) is 57.0 Å². The Balaban J connectivity index is 1.30. The van der Waals surface area contributed by atoms with Gasteiger partial charge in [-0.15, -0.1) is 11.3 Å². The van der Waals surface area contributed by atoms with Gasteiger partial charge in [0.15, 0.2) is 4.34 Å². The molecule has 0 bridgehead atoms. The minimum atomic E-state index is -0.113. The molecule has 0 unspecified atom stereocenters. The molecular weight excluding hydrogens is 432 g/mol. The van der Waals surface area contributed by atoms with Gasteiger partial charge in [-0.2, -0.15) is 4.98 Å². The van der Waals surface area contributed by atoms with Crippen molar-refractivity contribution in [3.8, 4) is 11.6 Å². The zero-order valence-electron chi connectivity index (χ0n) is 14.8. The maximum Gasteiger partial charge on any atom is 0.240 e. The minimum Gasteiger partial charge on any atom is -0.338 e. The van der Waals surface area contributed by atoms with Gasteiger partial charge in [0.05, 0.1) is 17.9 Å². The highest BCUT2D eigenvalue weighted by atomic mass is 35.5. The molecule has 29 heavy (non-hydrogen) atoms. The van der Waals surface area contributed by atoms with Crippen molar-refractivity contribution in [1.82, 2.24) is 25.1 Å². The number of rotatable bonds is 7. The van der Waals surface area contributed by atoms with E-state index >= 15 is 0 Å². The van der Waals surface area contributed by atoms with Crippen molar-refractivity contribution in [3.05, 3.63) is 64.7 Å². The third-order valence-electron chi connectivity index (χ3n) is 3.55. The number of halogens is 1. The van der Waals surface area contributed by atoms with E-state index < -0.39 is 0 Å². The Kier molecular flexibility index (Phi) is 6.13. The van der Waals surface area contributed by atoms with E-state index in [2.05, 4.69) is 30.4 Å². The number of nitrogens with zero attached hydrogens (tertiary/aromatic N) is 5. The van der Waals surface area contributed by atoms with E-state index in [0.29, 0.717) is 34.7 Å². The molecular formula is C18H13ClN6O2S2. The number of benzene rings is 1. The molecule has 4 aromatic rings. The fourth-order valence-corrected chi connectivity index (χ4v) is 4.05. The van der Waals surface area contributed by atoms with Crippen molar-refractivity contribution >= 4 is 46.3 Å². The third kappa shape index (κ3) is 5.37. The van der Waals surface area contributed by atoms with E-state index in [-0.39, 0.29) is 11.7 Å². The summed E-state index contributed by atoms with van der Waals surface area (Å²) in [4.78, 5) is 29.1. The van der Waals surface area contributed by atoms with Crippen LogP contribution in [0, 0.1) is 0 Å². The second kappa shape index (κ2) is 9.12. The van der Waals surface area contributed by atoms with E-state index in [1.54, 1.807) is 42.7 Å². The predicted octanol–water partition coefficient (Wildman–Crippen LogP) is 3.96. The van der Waals surface area contributed by atoms with Gasteiger partial charge in [-0.3, -0.25) is 4.79 Å². The Morgan fingerprint density at radius 1 is 1.14 bits per heavy atom. The van der Waals surface area contributed by atoms with E-state index in [1.165, 1.54) is 23.1 Å². The van der Waals surface area contributed by atoms with Crippen molar-refractivity contribution in [3.63, 3.8) is 0 Å². The first-order chi connectivity index (χ1) is 14.2. The molecule has 11 heteroatoms. The summed E-state index contributed by atoms with van der Waals surface area (Å²) in [6.07, 6.45) is 3.63. The summed E-state index contributed by atoms with van der Waals surface area (Å²) in [7, 11) is 0. The summed E-state index contributed by atoms with van der Waals surface area (Å²) in [5, 5.41) is 9.24. The lowest BCUT2D eigenvalue weighted by Gasteiger charge is -2.03. The van der Waals surface area contributed by atoms with Crippen molar-refractivity contribution in [2.24, 2.45) is 0 Å². The lowest BCUT2D eigenvalue weighted by molar-refractivity contribution is -0.113. The summed E-state index contributed by atoms with van der Waals surface area (Å²) < 4.78 is 6.04. The first-order valence-corrected chi connectivity index (χ1v) is 10.6. The number of hydrogen-bond acceptors (Lipinski definition) is 9. The number of nitrogens with one attached hydrogen (secondary N) is 1. The summed E-state index contributed by atoms with van der Waals surface area (Å²) in [6.45, 7) is 0. The van der Waals surface area contributed by atoms with Gasteiger partial charge in [0, 0.05) is 28.5 Å². The van der Waals surface area contributed by atoms with Gasteiger partial charge in [-0.1, -0.05) is 28.5 Å². The summed E-state index contributed by atoms with van der Waals surface area (Å²) in [5.41, 5.74) is 1.49. The van der Waals surface area contributed by atoms with Crippen LogP contribution in [0.4, 0.5) is 5.69 Å². The van der Waals surface area contributed by atoms with Crippen molar-refractivity contribution in [2.45, 2.75) is 10.8 Å². The van der Waals surface area contributed by atoms with Gasteiger partial charge < -0.3 is 9.84 Å². The maximum absolute atomic E-state index is 12.1. The molecule has 8 nitrogen and oxygen atoms in total. The van der Waals surface area contributed by atoms with E-state index in [1.807, 2.05) is 5.38 Å². The van der Waals surface area contributed by atoms with Crippen LogP contribution in [0.2, 0.25) is 5.02 Å². The molecule has 1 N–H and O–H groups in total. The summed E-state index contributed by atoms with van der Waals surface area (Å²) >= 11 is 8.67. The van der Waals surface area contributed by atoms with Crippen molar-refractivity contribution in [2.75, 3.05) is 11.1 Å². The van der Waals surface area contributed by atoms with Crippen LogP contribution >= 0.6 is 34.7 Å². The quantitative estimate of drug-likeness (QED) is 0.427. The Hall–Kier alpha value is -2.82. The molecule has 1 aromatic carbocycles.